The molecular formula is C10H18N2O2. The smallest absolute Gasteiger partial charge is 0.410 e. The van der Waals surface area contributed by atoms with Crippen LogP contribution < -0.4 is 5.32 Å². The summed E-state index contributed by atoms with van der Waals surface area (Å²) < 4.78 is 5.55. The Morgan fingerprint density at radius 2 is 2.21 bits per heavy atom. The van der Waals surface area contributed by atoms with Gasteiger partial charge in [0, 0.05) is 19.9 Å². The molecule has 1 unspecified atom stereocenters. The van der Waals surface area contributed by atoms with Crippen molar-refractivity contribution < 1.29 is 9.53 Å². The van der Waals surface area contributed by atoms with Gasteiger partial charge >= 0.3 is 6.09 Å². The largest absolute Gasteiger partial charge is 0.440 e. The number of piperidine rings is 1. The number of hydrogen-bond acceptors (Lipinski definition) is 3. The Morgan fingerprint density at radius 1 is 1.57 bits per heavy atom. The lowest BCUT2D eigenvalue weighted by Crippen LogP contribution is -2.50. The third kappa shape index (κ3) is 1.29. The molecule has 2 fully saturated rings. The quantitative estimate of drug-likeness (QED) is 0.682. The average Bonchev–Trinajstić information content (AvgIpc) is 2.40. The fourth-order valence-electron chi connectivity index (χ4n) is 2.73. The third-order valence-electron chi connectivity index (χ3n) is 3.49. The van der Waals surface area contributed by atoms with Gasteiger partial charge in [-0.1, -0.05) is 6.92 Å². The highest BCUT2D eigenvalue weighted by Crippen LogP contribution is 2.37. The van der Waals surface area contributed by atoms with Crippen molar-refractivity contribution in [1.29, 1.82) is 0 Å². The molecule has 1 spiro atoms. The molecule has 0 bridgehead atoms. The molecule has 2 rings (SSSR count). The summed E-state index contributed by atoms with van der Waals surface area (Å²) in [4.78, 5) is 13.3. The molecule has 80 valence electrons. The molecule has 0 aliphatic carbocycles. The Bertz CT molecular complexity index is 236. The molecule has 4 nitrogen and oxygen atoms in total. The van der Waals surface area contributed by atoms with Crippen LogP contribution in [-0.4, -0.2) is 42.8 Å². The molecule has 0 radical (unpaired) electrons. The summed E-state index contributed by atoms with van der Waals surface area (Å²) in [5.41, 5.74) is -0.203. The van der Waals surface area contributed by atoms with Gasteiger partial charge in [0.05, 0.1) is 6.04 Å². The van der Waals surface area contributed by atoms with Crippen LogP contribution in [0.5, 0.6) is 0 Å². The third-order valence-corrected chi connectivity index (χ3v) is 3.49. The van der Waals surface area contributed by atoms with Crippen molar-refractivity contribution >= 4 is 6.09 Å². The Balaban J connectivity index is 2.20. The molecule has 2 aliphatic rings. The molecular weight excluding hydrogens is 180 g/mol. The lowest BCUT2D eigenvalue weighted by molar-refractivity contribution is 0.00713. The van der Waals surface area contributed by atoms with E-state index in [4.69, 9.17) is 4.74 Å². The van der Waals surface area contributed by atoms with Gasteiger partial charge in [0.25, 0.3) is 0 Å². The molecule has 0 aromatic carbocycles. The summed E-state index contributed by atoms with van der Waals surface area (Å²) in [5.74, 6) is 0. The van der Waals surface area contributed by atoms with Gasteiger partial charge in [-0.05, 0) is 19.5 Å². The molecule has 2 aliphatic heterocycles. The van der Waals surface area contributed by atoms with Gasteiger partial charge in [-0.3, -0.25) is 0 Å². The van der Waals surface area contributed by atoms with Crippen LogP contribution in [0.15, 0.2) is 0 Å². The second-order valence-electron chi connectivity index (χ2n) is 4.22. The first-order chi connectivity index (χ1) is 6.69. The maximum absolute atomic E-state index is 11.5. The van der Waals surface area contributed by atoms with E-state index >= 15 is 0 Å². The van der Waals surface area contributed by atoms with Gasteiger partial charge < -0.3 is 15.0 Å². The van der Waals surface area contributed by atoms with Gasteiger partial charge in [-0.2, -0.15) is 0 Å². The number of rotatable bonds is 1. The van der Waals surface area contributed by atoms with Crippen molar-refractivity contribution in [1.82, 2.24) is 10.2 Å². The van der Waals surface area contributed by atoms with Crippen LogP contribution in [0.3, 0.4) is 0 Å². The van der Waals surface area contributed by atoms with Crippen LogP contribution in [0.2, 0.25) is 0 Å². The fourth-order valence-corrected chi connectivity index (χ4v) is 2.73. The molecule has 1 N–H and O–H groups in total. The molecule has 1 amide bonds. The topological polar surface area (TPSA) is 41.6 Å². The monoisotopic (exact) mass is 198 g/mol. The maximum Gasteiger partial charge on any atom is 0.410 e. The summed E-state index contributed by atoms with van der Waals surface area (Å²) >= 11 is 0. The number of likely N-dealkylation sites (N-methyl/N-ethyl adjacent to an activating group) is 1. The molecule has 0 saturated carbocycles. The molecule has 14 heavy (non-hydrogen) atoms. The van der Waals surface area contributed by atoms with Crippen molar-refractivity contribution in [3.63, 3.8) is 0 Å². The lowest BCUT2D eigenvalue weighted by Gasteiger charge is -2.36. The van der Waals surface area contributed by atoms with E-state index in [-0.39, 0.29) is 17.7 Å². The van der Waals surface area contributed by atoms with Crippen LogP contribution in [0, 0.1) is 0 Å². The van der Waals surface area contributed by atoms with Crippen LogP contribution in [-0.2, 0) is 4.74 Å². The number of ether oxygens (including phenoxy) is 1. The van der Waals surface area contributed by atoms with Crippen molar-refractivity contribution in [3.8, 4) is 0 Å². The van der Waals surface area contributed by atoms with E-state index < -0.39 is 0 Å². The molecule has 2 heterocycles. The average molecular weight is 198 g/mol. The molecule has 0 aromatic rings. The van der Waals surface area contributed by atoms with E-state index in [1.807, 2.05) is 7.05 Å². The second kappa shape index (κ2) is 3.42. The normalized spacial score (nSPS) is 30.9. The van der Waals surface area contributed by atoms with Crippen LogP contribution in [0.25, 0.3) is 0 Å². The van der Waals surface area contributed by atoms with E-state index in [2.05, 4.69) is 12.2 Å². The zero-order chi connectivity index (χ0) is 10.2. The van der Waals surface area contributed by atoms with Gasteiger partial charge in [0.1, 0.15) is 5.60 Å². The van der Waals surface area contributed by atoms with E-state index in [1.54, 1.807) is 4.90 Å². The van der Waals surface area contributed by atoms with E-state index in [0.717, 1.165) is 32.4 Å². The first kappa shape index (κ1) is 9.77. The Labute approximate surface area is 84.6 Å². The van der Waals surface area contributed by atoms with E-state index in [0.29, 0.717) is 0 Å². The van der Waals surface area contributed by atoms with Crippen LogP contribution >= 0.6 is 0 Å². The highest BCUT2D eigenvalue weighted by molar-refractivity contribution is 5.71. The predicted octanol–water partition coefficient (Wildman–Crippen LogP) is 0.969. The minimum atomic E-state index is -0.203. The summed E-state index contributed by atoms with van der Waals surface area (Å²) in [7, 11) is 1.84. The Hall–Kier alpha value is -0.770. The summed E-state index contributed by atoms with van der Waals surface area (Å²) in [5, 5.41) is 3.30. The summed E-state index contributed by atoms with van der Waals surface area (Å²) in [6.45, 7) is 4.03. The van der Waals surface area contributed by atoms with Gasteiger partial charge in [0.15, 0.2) is 0 Å². The van der Waals surface area contributed by atoms with E-state index in [9.17, 15) is 4.79 Å². The van der Waals surface area contributed by atoms with Crippen molar-refractivity contribution in [3.05, 3.63) is 0 Å². The molecule has 4 heteroatoms. The van der Waals surface area contributed by atoms with Crippen LogP contribution in [0.4, 0.5) is 4.79 Å². The van der Waals surface area contributed by atoms with Crippen molar-refractivity contribution in [2.24, 2.45) is 0 Å². The zero-order valence-electron chi connectivity index (χ0n) is 8.88. The number of carbonyl (C=O) groups excluding carboxylic acids is 1. The Morgan fingerprint density at radius 3 is 2.79 bits per heavy atom. The second-order valence-corrected chi connectivity index (χ2v) is 4.22. The highest BCUT2D eigenvalue weighted by atomic mass is 16.6. The van der Waals surface area contributed by atoms with Gasteiger partial charge in [-0.15, -0.1) is 0 Å². The number of amides is 1. The van der Waals surface area contributed by atoms with E-state index in [1.165, 1.54) is 0 Å². The van der Waals surface area contributed by atoms with Crippen molar-refractivity contribution in [2.45, 2.75) is 37.8 Å². The first-order valence-corrected chi connectivity index (χ1v) is 5.36. The van der Waals surface area contributed by atoms with Crippen LogP contribution in [0.1, 0.15) is 26.2 Å². The highest BCUT2D eigenvalue weighted by Gasteiger charge is 2.51. The zero-order valence-corrected chi connectivity index (χ0v) is 8.88. The van der Waals surface area contributed by atoms with Gasteiger partial charge in [-0.25, -0.2) is 4.79 Å². The predicted molar refractivity (Wildman–Crippen MR) is 53.2 cm³/mol. The standard InChI is InChI=1S/C10H18N2O2/c1-3-8-10(4-6-11-7-5-10)14-9(13)12(8)2/h8,11H,3-7H2,1-2H3. The summed E-state index contributed by atoms with van der Waals surface area (Å²) in [6, 6.07) is 0.261. The SMILES string of the molecule is CCC1N(C)C(=O)OC12CCNCC2. The number of nitrogens with one attached hydrogen (secondary N) is 1. The number of nitrogens with zero attached hydrogens (tertiary/aromatic N) is 1. The number of carbonyl (C=O) groups is 1. The Kier molecular flexibility index (Phi) is 2.39. The number of hydrogen-bond donors (Lipinski definition) is 1. The first-order valence-electron chi connectivity index (χ1n) is 5.36. The summed E-state index contributed by atoms with van der Waals surface area (Å²) in [6.07, 6.45) is 2.71. The molecule has 1 atom stereocenters. The minimum Gasteiger partial charge on any atom is -0.440 e. The maximum atomic E-state index is 11.5. The van der Waals surface area contributed by atoms with Gasteiger partial charge in [0.2, 0.25) is 0 Å². The van der Waals surface area contributed by atoms with Crippen molar-refractivity contribution in [2.75, 3.05) is 20.1 Å². The molecule has 2 saturated heterocycles. The lowest BCUT2D eigenvalue weighted by atomic mass is 9.84. The minimum absolute atomic E-state index is 0.154. The fraction of sp³-hybridized carbons (Fsp3) is 0.900. The molecule has 0 aromatic heterocycles.